The number of amides is 1. The van der Waals surface area contributed by atoms with Gasteiger partial charge in [-0.15, -0.1) is 11.3 Å². The van der Waals surface area contributed by atoms with Crippen LogP contribution >= 0.6 is 23.1 Å². The summed E-state index contributed by atoms with van der Waals surface area (Å²) < 4.78 is 0. The van der Waals surface area contributed by atoms with Crippen LogP contribution in [0.25, 0.3) is 11.1 Å². The predicted molar refractivity (Wildman–Crippen MR) is 111 cm³/mol. The molecule has 3 aromatic rings. The maximum atomic E-state index is 12.8. The lowest BCUT2D eigenvalue weighted by Crippen LogP contribution is -2.31. The first-order valence-corrected chi connectivity index (χ1v) is 10.7. The van der Waals surface area contributed by atoms with Crippen LogP contribution in [0, 0.1) is 0 Å². The van der Waals surface area contributed by atoms with E-state index in [0.717, 1.165) is 28.2 Å². The highest BCUT2D eigenvalue weighted by molar-refractivity contribution is 7.99. The van der Waals surface area contributed by atoms with Crippen LogP contribution in [0.5, 0.6) is 0 Å². The molecule has 0 saturated carbocycles. The van der Waals surface area contributed by atoms with Crippen molar-refractivity contribution in [1.82, 2.24) is 9.97 Å². The molecule has 7 heteroatoms. The van der Waals surface area contributed by atoms with Crippen molar-refractivity contribution in [2.75, 3.05) is 11.1 Å². The largest absolute Gasteiger partial charge is 0.310 e. The molecule has 2 N–H and O–H groups in total. The normalized spacial score (nSPS) is 16.0. The van der Waals surface area contributed by atoms with Gasteiger partial charge in [0.05, 0.1) is 5.56 Å². The topological polar surface area (TPSA) is 74.8 Å². The quantitative estimate of drug-likeness (QED) is 0.492. The third-order valence-corrected chi connectivity index (χ3v) is 6.57. The van der Waals surface area contributed by atoms with Crippen molar-refractivity contribution >= 4 is 34.8 Å². The van der Waals surface area contributed by atoms with E-state index < -0.39 is 0 Å². The van der Waals surface area contributed by atoms with Crippen molar-refractivity contribution in [2.45, 2.75) is 30.8 Å². The number of thiophene rings is 1. The smallest absolute Gasteiger partial charge is 0.257 e. The molecule has 0 bridgehead atoms. The van der Waals surface area contributed by atoms with Gasteiger partial charge < -0.3 is 10.3 Å². The van der Waals surface area contributed by atoms with Crippen LogP contribution in [0.1, 0.15) is 36.1 Å². The standard InChI is InChI=1S/C20H19N3O2S2/c1-2-8-26-20-22-18-17(19(25)23-20)14(10-16(24)21-18)15-9-13(11-27-15)12-6-4-3-5-7-12/h3-7,9,11,14H,2,8,10H2,1H3,(H2,21,22,23,24,25). The van der Waals surface area contributed by atoms with Gasteiger partial charge in [-0.3, -0.25) is 9.59 Å². The van der Waals surface area contributed by atoms with Crippen molar-refractivity contribution in [1.29, 1.82) is 0 Å². The van der Waals surface area contributed by atoms with Gasteiger partial charge in [-0.1, -0.05) is 49.0 Å². The van der Waals surface area contributed by atoms with E-state index in [1.165, 1.54) is 11.8 Å². The molecule has 0 saturated heterocycles. The lowest BCUT2D eigenvalue weighted by atomic mass is 9.91. The van der Waals surface area contributed by atoms with Crippen LogP contribution in [-0.4, -0.2) is 21.6 Å². The number of hydrogen-bond donors (Lipinski definition) is 2. The van der Waals surface area contributed by atoms with Gasteiger partial charge in [0.25, 0.3) is 5.56 Å². The number of benzene rings is 1. The summed E-state index contributed by atoms with van der Waals surface area (Å²) in [7, 11) is 0. The molecule has 27 heavy (non-hydrogen) atoms. The number of carbonyl (C=O) groups excluding carboxylic acids is 1. The fraction of sp³-hybridized carbons (Fsp3) is 0.250. The summed E-state index contributed by atoms with van der Waals surface area (Å²) in [6, 6.07) is 12.2. The van der Waals surface area contributed by atoms with E-state index in [0.29, 0.717) is 16.5 Å². The number of rotatable bonds is 5. The molecule has 1 unspecified atom stereocenters. The lowest BCUT2D eigenvalue weighted by molar-refractivity contribution is -0.116. The van der Waals surface area contributed by atoms with Gasteiger partial charge in [-0.05, 0) is 29.0 Å². The number of aromatic nitrogens is 2. The summed E-state index contributed by atoms with van der Waals surface area (Å²) in [5.74, 6) is 0.891. The van der Waals surface area contributed by atoms with Crippen LogP contribution < -0.4 is 10.9 Å². The second kappa shape index (κ2) is 7.70. The molecule has 4 rings (SSSR count). The Morgan fingerprint density at radius 2 is 2.04 bits per heavy atom. The molecular weight excluding hydrogens is 378 g/mol. The van der Waals surface area contributed by atoms with Crippen LogP contribution in [0.3, 0.4) is 0 Å². The Kier molecular flexibility index (Phi) is 5.13. The van der Waals surface area contributed by atoms with Gasteiger partial charge in [-0.2, -0.15) is 0 Å². The minimum Gasteiger partial charge on any atom is -0.310 e. The van der Waals surface area contributed by atoms with E-state index in [2.05, 4.69) is 45.8 Å². The zero-order chi connectivity index (χ0) is 18.8. The van der Waals surface area contributed by atoms with Gasteiger partial charge in [0, 0.05) is 23.0 Å². The zero-order valence-corrected chi connectivity index (χ0v) is 16.5. The third kappa shape index (κ3) is 3.70. The number of carbonyl (C=O) groups is 1. The number of H-pyrrole nitrogens is 1. The summed E-state index contributed by atoms with van der Waals surface area (Å²) in [6.45, 7) is 2.07. The van der Waals surface area contributed by atoms with Crippen molar-refractivity contribution < 1.29 is 4.79 Å². The third-order valence-electron chi connectivity index (χ3n) is 4.44. The maximum Gasteiger partial charge on any atom is 0.257 e. The van der Waals surface area contributed by atoms with Crippen molar-refractivity contribution in [3.05, 3.63) is 62.6 Å². The highest BCUT2D eigenvalue weighted by atomic mass is 32.2. The fourth-order valence-corrected chi connectivity index (χ4v) is 4.92. The summed E-state index contributed by atoms with van der Waals surface area (Å²) in [5, 5.41) is 5.40. The number of anilines is 1. The summed E-state index contributed by atoms with van der Waals surface area (Å²) in [4.78, 5) is 33.4. The molecule has 1 aliphatic heterocycles. The molecule has 1 aromatic carbocycles. The highest BCUT2D eigenvalue weighted by Crippen LogP contribution is 2.39. The molecule has 0 radical (unpaired) electrons. The van der Waals surface area contributed by atoms with E-state index in [1.807, 2.05) is 18.2 Å². The first-order chi connectivity index (χ1) is 13.2. The molecular formula is C20H19N3O2S2. The van der Waals surface area contributed by atoms with E-state index in [4.69, 9.17) is 0 Å². The average molecular weight is 398 g/mol. The Morgan fingerprint density at radius 3 is 2.81 bits per heavy atom. The van der Waals surface area contributed by atoms with Gasteiger partial charge >= 0.3 is 0 Å². The monoisotopic (exact) mass is 397 g/mol. The SMILES string of the molecule is CCCSc1nc2c(c(=O)[nH]1)C(c1cc(-c3ccccc3)cs1)CC(=O)N2. The minimum atomic E-state index is -0.266. The minimum absolute atomic E-state index is 0.105. The Morgan fingerprint density at radius 1 is 1.22 bits per heavy atom. The molecule has 0 spiro atoms. The molecule has 2 aromatic heterocycles. The predicted octanol–water partition coefficient (Wildman–Crippen LogP) is 4.47. The highest BCUT2D eigenvalue weighted by Gasteiger charge is 2.32. The van der Waals surface area contributed by atoms with Gasteiger partial charge in [0.1, 0.15) is 5.82 Å². The average Bonchev–Trinajstić information content (AvgIpc) is 3.16. The van der Waals surface area contributed by atoms with Gasteiger partial charge in [0.15, 0.2) is 5.16 Å². The van der Waals surface area contributed by atoms with E-state index >= 15 is 0 Å². The van der Waals surface area contributed by atoms with E-state index in [1.54, 1.807) is 11.3 Å². The van der Waals surface area contributed by atoms with E-state index in [9.17, 15) is 9.59 Å². The zero-order valence-electron chi connectivity index (χ0n) is 14.8. The number of nitrogens with zero attached hydrogens (tertiary/aromatic N) is 1. The molecule has 138 valence electrons. The molecule has 5 nitrogen and oxygen atoms in total. The van der Waals surface area contributed by atoms with Gasteiger partial charge in [-0.25, -0.2) is 4.98 Å². The summed E-state index contributed by atoms with van der Waals surface area (Å²) in [6.07, 6.45) is 1.24. The molecule has 0 fully saturated rings. The molecule has 1 atom stereocenters. The molecule has 1 aliphatic rings. The molecule has 0 aliphatic carbocycles. The molecule has 1 amide bonds. The lowest BCUT2D eigenvalue weighted by Gasteiger charge is -2.23. The number of fused-ring (bicyclic) bond motifs is 1. The van der Waals surface area contributed by atoms with E-state index in [-0.39, 0.29) is 23.8 Å². The summed E-state index contributed by atoms with van der Waals surface area (Å²) >= 11 is 3.07. The maximum absolute atomic E-state index is 12.8. The van der Waals surface area contributed by atoms with Crippen LogP contribution in [-0.2, 0) is 4.79 Å². The fourth-order valence-electron chi connectivity index (χ4n) is 3.18. The Balaban J connectivity index is 1.72. The van der Waals surface area contributed by atoms with Crippen molar-refractivity contribution in [2.24, 2.45) is 0 Å². The van der Waals surface area contributed by atoms with Crippen molar-refractivity contribution in [3.63, 3.8) is 0 Å². The number of aromatic amines is 1. The van der Waals surface area contributed by atoms with Crippen LogP contribution in [0.4, 0.5) is 5.82 Å². The second-order valence-electron chi connectivity index (χ2n) is 6.39. The molecule has 3 heterocycles. The second-order valence-corrected chi connectivity index (χ2v) is 8.42. The van der Waals surface area contributed by atoms with Crippen LogP contribution in [0.15, 0.2) is 51.7 Å². The first-order valence-electron chi connectivity index (χ1n) is 8.86. The Labute approximate surface area is 165 Å². The number of nitrogens with one attached hydrogen (secondary N) is 2. The number of hydrogen-bond acceptors (Lipinski definition) is 5. The Bertz CT molecular complexity index is 1030. The van der Waals surface area contributed by atoms with Gasteiger partial charge in [0.2, 0.25) is 5.91 Å². The van der Waals surface area contributed by atoms with Crippen molar-refractivity contribution in [3.8, 4) is 11.1 Å². The van der Waals surface area contributed by atoms with Crippen LogP contribution in [0.2, 0.25) is 0 Å². The Hall–Kier alpha value is -2.38. The summed E-state index contributed by atoms with van der Waals surface area (Å²) in [5.41, 5.74) is 2.61. The first kappa shape index (κ1) is 18.0. The number of thioether (sulfide) groups is 1.